The molecule has 3 rings (SSSR count). The molecule has 1 atom stereocenters. The molecule has 1 saturated heterocycles. The third-order valence-electron chi connectivity index (χ3n) is 4.74. The number of aromatic nitrogens is 4. The first-order chi connectivity index (χ1) is 12.4. The van der Waals surface area contributed by atoms with Crippen molar-refractivity contribution in [2.75, 3.05) is 30.4 Å². The fourth-order valence-electron chi connectivity index (χ4n) is 3.12. The highest BCUT2D eigenvalue weighted by Crippen LogP contribution is 2.26. The van der Waals surface area contributed by atoms with Crippen molar-refractivity contribution in [2.24, 2.45) is 0 Å². The highest BCUT2D eigenvalue weighted by molar-refractivity contribution is 5.90. The van der Waals surface area contributed by atoms with Crippen molar-refractivity contribution in [1.29, 1.82) is 0 Å². The van der Waals surface area contributed by atoms with Gasteiger partial charge < -0.3 is 15.5 Å². The number of nitrogens with zero attached hydrogens (tertiary/aromatic N) is 5. The van der Waals surface area contributed by atoms with Crippen molar-refractivity contribution in [3.8, 4) is 0 Å². The quantitative estimate of drug-likeness (QED) is 0.859. The molecule has 1 fully saturated rings. The number of hydrogen-bond acceptors (Lipinski definition) is 7. The molecule has 2 aromatic heterocycles. The first-order valence-corrected chi connectivity index (χ1v) is 8.78. The summed E-state index contributed by atoms with van der Waals surface area (Å²) in [5, 5.41) is 14.4. The van der Waals surface area contributed by atoms with Crippen LogP contribution in [0.1, 0.15) is 39.7 Å². The van der Waals surface area contributed by atoms with E-state index < -0.39 is 0 Å². The SMILES string of the molecule is CNC(=O)c1nc(C)c(C)c(N2CC[C@@H](Nc3cc(C)nnc3C)C2)n1. The molecule has 0 aliphatic carbocycles. The zero-order chi connectivity index (χ0) is 18.8. The van der Waals surface area contributed by atoms with Crippen molar-refractivity contribution in [1.82, 2.24) is 25.5 Å². The minimum atomic E-state index is -0.266. The summed E-state index contributed by atoms with van der Waals surface area (Å²) in [5.74, 6) is 0.783. The number of hydrogen-bond donors (Lipinski definition) is 2. The monoisotopic (exact) mass is 355 g/mol. The Balaban J connectivity index is 1.79. The Morgan fingerprint density at radius 3 is 2.65 bits per heavy atom. The number of nitrogens with one attached hydrogen (secondary N) is 2. The van der Waals surface area contributed by atoms with E-state index >= 15 is 0 Å². The van der Waals surface area contributed by atoms with Crippen LogP contribution in [0.3, 0.4) is 0 Å². The largest absolute Gasteiger partial charge is 0.379 e. The van der Waals surface area contributed by atoms with E-state index in [1.165, 1.54) is 0 Å². The molecule has 0 aromatic carbocycles. The summed E-state index contributed by atoms with van der Waals surface area (Å²) in [6.45, 7) is 9.48. The van der Waals surface area contributed by atoms with Gasteiger partial charge in [-0.3, -0.25) is 4.79 Å². The number of anilines is 2. The summed E-state index contributed by atoms with van der Waals surface area (Å²) < 4.78 is 0. The smallest absolute Gasteiger partial charge is 0.288 e. The first kappa shape index (κ1) is 18.0. The second kappa shape index (κ2) is 7.23. The number of rotatable bonds is 4. The van der Waals surface area contributed by atoms with Crippen LogP contribution in [0.15, 0.2) is 6.07 Å². The highest BCUT2D eigenvalue weighted by atomic mass is 16.2. The van der Waals surface area contributed by atoms with Gasteiger partial charge >= 0.3 is 0 Å². The summed E-state index contributed by atoms with van der Waals surface area (Å²) in [4.78, 5) is 23.0. The predicted octanol–water partition coefficient (Wildman–Crippen LogP) is 1.55. The molecule has 26 heavy (non-hydrogen) atoms. The van der Waals surface area contributed by atoms with Crippen LogP contribution in [0.4, 0.5) is 11.5 Å². The molecule has 8 nitrogen and oxygen atoms in total. The van der Waals surface area contributed by atoms with Crippen LogP contribution < -0.4 is 15.5 Å². The lowest BCUT2D eigenvalue weighted by Crippen LogP contribution is -2.29. The number of aryl methyl sites for hydroxylation is 3. The van der Waals surface area contributed by atoms with Crippen LogP contribution >= 0.6 is 0 Å². The van der Waals surface area contributed by atoms with Crippen LogP contribution in [-0.4, -0.2) is 52.3 Å². The van der Waals surface area contributed by atoms with Crippen molar-refractivity contribution in [3.63, 3.8) is 0 Å². The van der Waals surface area contributed by atoms with Crippen LogP contribution in [0.25, 0.3) is 0 Å². The van der Waals surface area contributed by atoms with E-state index in [-0.39, 0.29) is 17.8 Å². The molecule has 1 amide bonds. The Kier molecular flexibility index (Phi) is 5.01. The summed E-state index contributed by atoms with van der Waals surface area (Å²) in [6, 6.07) is 2.31. The van der Waals surface area contributed by atoms with Gasteiger partial charge in [0.2, 0.25) is 5.82 Å². The van der Waals surface area contributed by atoms with Gasteiger partial charge in [-0.25, -0.2) is 9.97 Å². The molecule has 3 heterocycles. The van der Waals surface area contributed by atoms with Crippen LogP contribution in [0.2, 0.25) is 0 Å². The van der Waals surface area contributed by atoms with Crippen molar-refractivity contribution >= 4 is 17.4 Å². The molecule has 0 saturated carbocycles. The summed E-state index contributed by atoms with van der Waals surface area (Å²) in [7, 11) is 1.59. The lowest BCUT2D eigenvalue weighted by molar-refractivity contribution is 0.0952. The molecule has 0 bridgehead atoms. The zero-order valence-corrected chi connectivity index (χ0v) is 15.9. The van der Waals surface area contributed by atoms with E-state index in [1.807, 2.05) is 33.8 Å². The molecule has 0 spiro atoms. The lowest BCUT2D eigenvalue weighted by Gasteiger charge is -2.22. The Morgan fingerprint density at radius 1 is 1.15 bits per heavy atom. The van der Waals surface area contributed by atoms with Gasteiger partial charge in [-0.1, -0.05) is 0 Å². The standard InChI is InChI=1S/C18H25N7O/c1-10-8-15(13(4)24-23-10)21-14-6-7-25(9-14)17-11(2)12(3)20-16(22-17)18(26)19-5/h8,14H,6-7,9H2,1-5H3,(H,19,26)(H,21,23)/t14-/m1/s1. The topological polar surface area (TPSA) is 95.9 Å². The minimum absolute atomic E-state index is 0.215. The fourth-order valence-corrected chi connectivity index (χ4v) is 3.12. The molecule has 1 aliphatic heterocycles. The summed E-state index contributed by atoms with van der Waals surface area (Å²) in [6.07, 6.45) is 0.985. The molecule has 0 unspecified atom stereocenters. The van der Waals surface area contributed by atoms with E-state index in [9.17, 15) is 4.79 Å². The molecule has 1 aliphatic rings. The molecule has 138 valence electrons. The van der Waals surface area contributed by atoms with Crippen LogP contribution in [0.5, 0.6) is 0 Å². The van der Waals surface area contributed by atoms with E-state index in [1.54, 1.807) is 7.05 Å². The Labute approximate surface area is 153 Å². The van der Waals surface area contributed by atoms with Gasteiger partial charge in [0.15, 0.2) is 0 Å². The maximum Gasteiger partial charge on any atom is 0.288 e. The van der Waals surface area contributed by atoms with E-state index in [0.29, 0.717) is 0 Å². The van der Waals surface area contributed by atoms with Gasteiger partial charge in [0, 0.05) is 37.4 Å². The van der Waals surface area contributed by atoms with E-state index in [0.717, 1.165) is 53.7 Å². The number of carbonyl (C=O) groups is 1. The predicted molar refractivity (Wildman–Crippen MR) is 101 cm³/mol. The third-order valence-corrected chi connectivity index (χ3v) is 4.74. The Morgan fingerprint density at radius 2 is 1.92 bits per heavy atom. The molecule has 2 aromatic rings. The molecule has 2 N–H and O–H groups in total. The second-order valence-electron chi connectivity index (χ2n) is 6.72. The van der Waals surface area contributed by atoms with Gasteiger partial charge in [-0.2, -0.15) is 10.2 Å². The molecular formula is C18H25N7O. The summed E-state index contributed by atoms with van der Waals surface area (Å²) in [5.41, 5.74) is 4.65. The van der Waals surface area contributed by atoms with E-state index in [4.69, 9.17) is 0 Å². The first-order valence-electron chi connectivity index (χ1n) is 8.78. The second-order valence-corrected chi connectivity index (χ2v) is 6.72. The average Bonchev–Trinajstić information content (AvgIpc) is 3.08. The van der Waals surface area contributed by atoms with Crippen LogP contribution in [-0.2, 0) is 0 Å². The van der Waals surface area contributed by atoms with Gasteiger partial charge in [0.05, 0.1) is 17.1 Å². The van der Waals surface area contributed by atoms with E-state index in [2.05, 4.69) is 35.7 Å². The lowest BCUT2D eigenvalue weighted by atomic mass is 10.2. The van der Waals surface area contributed by atoms with Gasteiger partial charge in [0.1, 0.15) is 5.82 Å². The normalized spacial score (nSPS) is 16.7. The maximum atomic E-state index is 11.9. The number of amides is 1. The van der Waals surface area contributed by atoms with Gasteiger partial charge in [-0.05, 0) is 40.2 Å². The van der Waals surface area contributed by atoms with Gasteiger partial charge in [-0.15, -0.1) is 0 Å². The zero-order valence-electron chi connectivity index (χ0n) is 15.9. The summed E-state index contributed by atoms with van der Waals surface area (Å²) >= 11 is 0. The Hall–Kier alpha value is -2.77. The number of carbonyl (C=O) groups excluding carboxylic acids is 1. The third kappa shape index (κ3) is 3.58. The Bertz CT molecular complexity index is 837. The molecule has 8 heteroatoms. The van der Waals surface area contributed by atoms with Gasteiger partial charge in [0.25, 0.3) is 5.91 Å². The fraction of sp³-hybridized carbons (Fsp3) is 0.500. The minimum Gasteiger partial charge on any atom is -0.379 e. The average molecular weight is 355 g/mol. The molecule has 0 radical (unpaired) electrons. The van der Waals surface area contributed by atoms with Crippen molar-refractivity contribution in [3.05, 3.63) is 34.5 Å². The molecular weight excluding hydrogens is 330 g/mol. The maximum absolute atomic E-state index is 11.9. The van der Waals surface area contributed by atoms with Crippen molar-refractivity contribution in [2.45, 2.75) is 40.2 Å². The van der Waals surface area contributed by atoms with Crippen LogP contribution in [0, 0.1) is 27.7 Å². The van der Waals surface area contributed by atoms with Crippen molar-refractivity contribution < 1.29 is 4.79 Å². The highest BCUT2D eigenvalue weighted by Gasteiger charge is 2.27.